The second kappa shape index (κ2) is 4.94. The lowest BCUT2D eigenvalue weighted by Gasteiger charge is -2.13. The molecule has 0 saturated carbocycles. The van der Waals surface area contributed by atoms with Crippen LogP contribution >= 0.6 is 0 Å². The van der Waals surface area contributed by atoms with Crippen LogP contribution in [0.5, 0.6) is 0 Å². The molecule has 1 heterocycles. The first kappa shape index (κ1) is 13.2. The Labute approximate surface area is 118 Å². The van der Waals surface area contributed by atoms with Crippen LogP contribution in [-0.2, 0) is 22.7 Å². The summed E-state index contributed by atoms with van der Waals surface area (Å²) in [6.07, 6.45) is 4.64. The Morgan fingerprint density at radius 2 is 2.10 bits per heavy atom. The maximum atomic E-state index is 11.9. The molecule has 2 aliphatic rings. The van der Waals surface area contributed by atoms with Gasteiger partial charge in [-0.25, -0.2) is 13.2 Å². The molecular weight excluding hydrogens is 276 g/mol. The van der Waals surface area contributed by atoms with E-state index in [1.807, 2.05) is 12.1 Å². The number of hydrogen-bond donors (Lipinski definition) is 2. The number of fused-ring (bicyclic) bond motifs is 1. The molecule has 1 aromatic rings. The summed E-state index contributed by atoms with van der Waals surface area (Å²) in [6, 6.07) is 5.08. The fourth-order valence-electron chi connectivity index (χ4n) is 2.73. The Morgan fingerprint density at radius 3 is 2.85 bits per heavy atom. The summed E-state index contributed by atoms with van der Waals surface area (Å²) in [5.41, 5.74) is 3.30. The summed E-state index contributed by atoms with van der Waals surface area (Å²) in [7, 11) is -3.15. The van der Waals surface area contributed by atoms with E-state index in [1.54, 1.807) is 0 Å². The fraction of sp³-hybridized carbons (Fsp3) is 0.357. The van der Waals surface area contributed by atoms with Gasteiger partial charge < -0.3 is 10.6 Å². The van der Waals surface area contributed by atoms with E-state index in [-0.39, 0.29) is 11.8 Å². The summed E-state index contributed by atoms with van der Waals surface area (Å²) < 4.78 is 22.6. The van der Waals surface area contributed by atoms with Crippen LogP contribution in [0.1, 0.15) is 17.5 Å². The minimum absolute atomic E-state index is 0.0622. The Balaban J connectivity index is 1.66. The fourth-order valence-corrected chi connectivity index (χ4v) is 3.96. The van der Waals surface area contributed by atoms with Crippen LogP contribution in [0.25, 0.3) is 0 Å². The van der Waals surface area contributed by atoms with Gasteiger partial charge in [0, 0.05) is 11.1 Å². The first-order valence-electron chi connectivity index (χ1n) is 6.63. The van der Waals surface area contributed by atoms with E-state index in [0.29, 0.717) is 0 Å². The standard InChI is InChI=1S/C14H16N2O3S/c17-14(15-11-7-8-20(18,19)9-11)16-13-6-2-4-10-3-1-5-12(10)13/h2,4,6-8,11H,1,3,5,9H2,(H2,15,16,17). The molecule has 2 N–H and O–H groups in total. The highest BCUT2D eigenvalue weighted by Crippen LogP contribution is 2.28. The van der Waals surface area contributed by atoms with Crippen LogP contribution in [0.4, 0.5) is 10.5 Å². The maximum absolute atomic E-state index is 11.9. The van der Waals surface area contributed by atoms with E-state index in [0.717, 1.165) is 30.4 Å². The van der Waals surface area contributed by atoms with E-state index in [2.05, 4.69) is 16.7 Å². The third-order valence-electron chi connectivity index (χ3n) is 3.64. The summed E-state index contributed by atoms with van der Waals surface area (Å²) in [5, 5.41) is 6.63. The molecule has 1 aromatic carbocycles. The smallest absolute Gasteiger partial charge is 0.319 e. The molecule has 3 rings (SSSR count). The number of sulfone groups is 1. The zero-order chi connectivity index (χ0) is 14.2. The number of anilines is 1. The lowest BCUT2D eigenvalue weighted by molar-refractivity contribution is 0.251. The highest BCUT2D eigenvalue weighted by molar-refractivity contribution is 7.94. The average Bonchev–Trinajstić information content (AvgIpc) is 2.96. The molecule has 20 heavy (non-hydrogen) atoms. The SMILES string of the molecule is O=C(Nc1cccc2c1CCC2)NC1C=CS(=O)(=O)C1. The molecular formula is C14H16N2O3S. The second-order valence-electron chi connectivity index (χ2n) is 5.16. The zero-order valence-corrected chi connectivity index (χ0v) is 11.7. The first-order chi connectivity index (χ1) is 9.53. The van der Waals surface area contributed by atoms with E-state index in [1.165, 1.54) is 17.2 Å². The molecule has 0 aromatic heterocycles. The number of amides is 2. The quantitative estimate of drug-likeness (QED) is 0.869. The molecule has 0 fully saturated rings. The predicted octanol–water partition coefficient (Wildman–Crippen LogP) is 1.61. The van der Waals surface area contributed by atoms with E-state index in [4.69, 9.17) is 0 Å². The number of carbonyl (C=O) groups is 1. The van der Waals surface area contributed by atoms with Gasteiger partial charge in [-0.05, 0) is 42.5 Å². The van der Waals surface area contributed by atoms with E-state index < -0.39 is 15.9 Å². The summed E-state index contributed by atoms with van der Waals surface area (Å²) in [4.78, 5) is 11.9. The third kappa shape index (κ3) is 2.70. The lowest BCUT2D eigenvalue weighted by atomic mass is 10.1. The van der Waals surface area contributed by atoms with Gasteiger partial charge in [0.1, 0.15) is 0 Å². The van der Waals surface area contributed by atoms with Gasteiger partial charge in [0.15, 0.2) is 9.84 Å². The van der Waals surface area contributed by atoms with Crippen molar-refractivity contribution in [1.29, 1.82) is 0 Å². The largest absolute Gasteiger partial charge is 0.331 e. The van der Waals surface area contributed by atoms with Crippen LogP contribution in [0.15, 0.2) is 29.7 Å². The number of hydrogen-bond acceptors (Lipinski definition) is 3. The topological polar surface area (TPSA) is 75.3 Å². The van der Waals surface area contributed by atoms with Gasteiger partial charge >= 0.3 is 6.03 Å². The average molecular weight is 292 g/mol. The van der Waals surface area contributed by atoms with Crippen molar-refractivity contribution in [1.82, 2.24) is 5.32 Å². The van der Waals surface area contributed by atoms with Crippen molar-refractivity contribution < 1.29 is 13.2 Å². The first-order valence-corrected chi connectivity index (χ1v) is 8.34. The molecule has 0 spiro atoms. The van der Waals surface area contributed by atoms with Crippen LogP contribution < -0.4 is 10.6 Å². The van der Waals surface area contributed by atoms with Gasteiger partial charge in [-0.2, -0.15) is 0 Å². The molecule has 0 radical (unpaired) electrons. The molecule has 1 unspecified atom stereocenters. The molecule has 5 nitrogen and oxygen atoms in total. The minimum atomic E-state index is -3.15. The molecule has 0 saturated heterocycles. The highest BCUT2D eigenvalue weighted by Gasteiger charge is 2.23. The lowest BCUT2D eigenvalue weighted by Crippen LogP contribution is -2.38. The molecule has 2 amide bonds. The van der Waals surface area contributed by atoms with Crippen LogP contribution in [0.2, 0.25) is 0 Å². The number of urea groups is 1. The Bertz CT molecular complexity index is 680. The molecule has 1 atom stereocenters. The molecule has 1 aliphatic heterocycles. The van der Waals surface area contributed by atoms with Crippen LogP contribution in [0.3, 0.4) is 0 Å². The van der Waals surface area contributed by atoms with Gasteiger partial charge in [-0.1, -0.05) is 12.1 Å². The van der Waals surface area contributed by atoms with Crippen molar-refractivity contribution in [3.63, 3.8) is 0 Å². The Hall–Kier alpha value is -1.82. The van der Waals surface area contributed by atoms with Crippen molar-refractivity contribution in [3.05, 3.63) is 40.8 Å². The van der Waals surface area contributed by atoms with Crippen molar-refractivity contribution in [2.24, 2.45) is 0 Å². The van der Waals surface area contributed by atoms with Crippen molar-refractivity contribution in [3.8, 4) is 0 Å². The van der Waals surface area contributed by atoms with E-state index in [9.17, 15) is 13.2 Å². The molecule has 0 bridgehead atoms. The normalized spacial score (nSPS) is 22.5. The molecule has 6 heteroatoms. The minimum Gasteiger partial charge on any atom is -0.331 e. The van der Waals surface area contributed by atoms with Gasteiger partial charge in [0.05, 0.1) is 11.8 Å². The summed E-state index contributed by atoms with van der Waals surface area (Å²) >= 11 is 0. The van der Waals surface area contributed by atoms with E-state index >= 15 is 0 Å². The molecule has 1 aliphatic carbocycles. The monoisotopic (exact) mass is 292 g/mol. The Kier molecular flexibility index (Phi) is 3.25. The maximum Gasteiger partial charge on any atom is 0.319 e. The number of nitrogens with one attached hydrogen (secondary N) is 2. The van der Waals surface area contributed by atoms with Crippen LogP contribution in [-0.4, -0.2) is 26.2 Å². The van der Waals surface area contributed by atoms with Crippen molar-refractivity contribution in [2.45, 2.75) is 25.3 Å². The highest BCUT2D eigenvalue weighted by atomic mass is 32.2. The van der Waals surface area contributed by atoms with Gasteiger partial charge in [-0.15, -0.1) is 0 Å². The second-order valence-corrected chi connectivity index (χ2v) is 7.09. The Morgan fingerprint density at radius 1 is 1.25 bits per heavy atom. The van der Waals surface area contributed by atoms with Gasteiger partial charge in [0.25, 0.3) is 0 Å². The number of benzene rings is 1. The summed E-state index contributed by atoms with van der Waals surface area (Å²) in [6.45, 7) is 0. The van der Waals surface area contributed by atoms with Crippen molar-refractivity contribution in [2.75, 3.05) is 11.1 Å². The zero-order valence-electron chi connectivity index (χ0n) is 10.9. The number of aryl methyl sites for hydroxylation is 1. The van der Waals surface area contributed by atoms with Crippen molar-refractivity contribution >= 4 is 21.6 Å². The number of carbonyl (C=O) groups excluding carboxylic acids is 1. The molecule has 106 valence electrons. The predicted molar refractivity (Wildman–Crippen MR) is 77.3 cm³/mol. The summed E-state index contributed by atoms with van der Waals surface area (Å²) in [5.74, 6) is -0.0622. The van der Waals surface area contributed by atoms with Crippen LogP contribution in [0, 0.1) is 0 Å². The third-order valence-corrected chi connectivity index (χ3v) is 5.04. The van der Waals surface area contributed by atoms with Gasteiger partial charge in [-0.3, -0.25) is 0 Å². The van der Waals surface area contributed by atoms with Gasteiger partial charge in [0.2, 0.25) is 0 Å². The number of rotatable bonds is 2.